The van der Waals surface area contributed by atoms with Crippen molar-refractivity contribution in [2.24, 2.45) is 0 Å². The molecular weight excluding hydrogens is 246 g/mol. The molecule has 0 fully saturated rings. The summed E-state index contributed by atoms with van der Waals surface area (Å²) in [6.07, 6.45) is 9.03. The van der Waals surface area contributed by atoms with E-state index in [1.807, 2.05) is 6.07 Å². The Hall–Kier alpha value is -1.02. The third kappa shape index (κ3) is 5.96. The summed E-state index contributed by atoms with van der Waals surface area (Å²) in [4.78, 5) is 0. The maximum Gasteiger partial charge on any atom is 0.123 e. The van der Waals surface area contributed by atoms with E-state index in [1.165, 1.54) is 50.5 Å². The van der Waals surface area contributed by atoms with Gasteiger partial charge in [0.1, 0.15) is 5.75 Å². The number of unbranched alkanes of at least 4 members (excludes halogenated alkanes) is 4. The van der Waals surface area contributed by atoms with E-state index in [1.54, 1.807) is 7.11 Å². The van der Waals surface area contributed by atoms with Gasteiger partial charge >= 0.3 is 0 Å². The van der Waals surface area contributed by atoms with Crippen molar-refractivity contribution in [2.45, 2.75) is 64.8 Å². The van der Waals surface area contributed by atoms with Crippen LogP contribution in [0, 0.1) is 0 Å². The molecule has 0 aliphatic carbocycles. The summed E-state index contributed by atoms with van der Waals surface area (Å²) in [5.74, 6) is 1.01. The minimum atomic E-state index is 0.424. The second-order valence-electron chi connectivity index (χ2n) is 5.45. The highest BCUT2D eigenvalue weighted by Crippen LogP contribution is 2.28. The van der Waals surface area contributed by atoms with E-state index < -0.39 is 0 Å². The van der Waals surface area contributed by atoms with E-state index in [4.69, 9.17) is 4.74 Å². The van der Waals surface area contributed by atoms with Gasteiger partial charge in [0.25, 0.3) is 0 Å². The number of hydrogen-bond donors (Lipinski definition) is 1. The van der Waals surface area contributed by atoms with Crippen LogP contribution in [0.1, 0.15) is 70.4 Å². The Kier molecular flexibility index (Phi) is 9.14. The van der Waals surface area contributed by atoms with Crippen LogP contribution in [-0.4, -0.2) is 13.7 Å². The molecule has 2 nitrogen and oxygen atoms in total. The van der Waals surface area contributed by atoms with E-state index in [0.29, 0.717) is 6.04 Å². The fourth-order valence-electron chi connectivity index (χ4n) is 2.59. The lowest BCUT2D eigenvalue weighted by Crippen LogP contribution is -2.22. The molecule has 0 aliphatic heterocycles. The molecule has 20 heavy (non-hydrogen) atoms. The Morgan fingerprint density at radius 1 is 1.00 bits per heavy atom. The van der Waals surface area contributed by atoms with Gasteiger partial charge in [-0.3, -0.25) is 0 Å². The van der Waals surface area contributed by atoms with Crippen LogP contribution < -0.4 is 10.1 Å². The normalized spacial score (nSPS) is 12.3. The molecule has 0 spiro atoms. The Bertz CT molecular complexity index is 351. The summed E-state index contributed by atoms with van der Waals surface area (Å²) in [5, 5.41) is 3.67. The SMILES string of the molecule is CCCCCCCC(NCCC)c1ccccc1OC. The summed E-state index contributed by atoms with van der Waals surface area (Å²) in [7, 11) is 1.76. The molecular formula is C18H31NO. The van der Waals surface area contributed by atoms with Gasteiger partial charge in [-0.25, -0.2) is 0 Å². The van der Waals surface area contributed by atoms with Gasteiger partial charge in [-0.05, 0) is 25.5 Å². The highest BCUT2D eigenvalue weighted by molar-refractivity contribution is 5.35. The van der Waals surface area contributed by atoms with Crippen LogP contribution >= 0.6 is 0 Å². The number of hydrogen-bond acceptors (Lipinski definition) is 2. The number of ether oxygens (including phenoxy) is 1. The monoisotopic (exact) mass is 277 g/mol. The molecule has 0 amide bonds. The van der Waals surface area contributed by atoms with Gasteiger partial charge in [-0.15, -0.1) is 0 Å². The Balaban J connectivity index is 2.58. The van der Waals surface area contributed by atoms with Crippen LogP contribution in [0.4, 0.5) is 0 Å². The average Bonchev–Trinajstić information content (AvgIpc) is 2.50. The summed E-state index contributed by atoms with van der Waals surface area (Å²) in [6, 6.07) is 8.83. The highest BCUT2D eigenvalue weighted by atomic mass is 16.5. The standard InChI is InChI=1S/C18H31NO/c1-4-6-7-8-9-13-17(19-15-5-2)16-12-10-11-14-18(16)20-3/h10-12,14,17,19H,4-9,13,15H2,1-3H3. The summed E-state index contributed by atoms with van der Waals surface area (Å²) in [6.45, 7) is 5.55. The second-order valence-corrected chi connectivity index (χ2v) is 5.45. The van der Waals surface area contributed by atoms with E-state index in [2.05, 4.69) is 37.4 Å². The predicted octanol–water partition coefficient (Wildman–Crippen LogP) is 5.10. The molecule has 1 aromatic carbocycles. The quantitative estimate of drug-likeness (QED) is 0.568. The number of benzene rings is 1. The number of methoxy groups -OCH3 is 1. The maximum atomic E-state index is 5.51. The largest absolute Gasteiger partial charge is 0.496 e. The molecule has 1 atom stereocenters. The minimum Gasteiger partial charge on any atom is -0.496 e. The lowest BCUT2D eigenvalue weighted by atomic mass is 9.98. The molecule has 0 aromatic heterocycles. The Morgan fingerprint density at radius 3 is 2.45 bits per heavy atom. The molecule has 1 aromatic rings. The van der Waals surface area contributed by atoms with E-state index in [0.717, 1.165) is 12.3 Å². The average molecular weight is 277 g/mol. The van der Waals surface area contributed by atoms with Gasteiger partial charge in [-0.1, -0.05) is 64.2 Å². The molecule has 1 N–H and O–H groups in total. The van der Waals surface area contributed by atoms with Crippen LogP contribution in [0.15, 0.2) is 24.3 Å². The summed E-state index contributed by atoms with van der Waals surface area (Å²) in [5.41, 5.74) is 1.30. The van der Waals surface area contributed by atoms with Crippen LogP contribution in [0.3, 0.4) is 0 Å². The predicted molar refractivity (Wildman–Crippen MR) is 87.4 cm³/mol. The van der Waals surface area contributed by atoms with Gasteiger partial charge in [0.05, 0.1) is 7.11 Å². The molecule has 0 saturated carbocycles. The first-order chi connectivity index (χ1) is 9.83. The lowest BCUT2D eigenvalue weighted by Gasteiger charge is -2.21. The van der Waals surface area contributed by atoms with Crippen molar-refractivity contribution in [3.05, 3.63) is 29.8 Å². The van der Waals surface area contributed by atoms with Gasteiger partial charge in [0.15, 0.2) is 0 Å². The first-order valence-electron chi connectivity index (χ1n) is 8.19. The van der Waals surface area contributed by atoms with Crippen LogP contribution in [0.25, 0.3) is 0 Å². The van der Waals surface area contributed by atoms with Crippen LogP contribution in [-0.2, 0) is 0 Å². The van der Waals surface area contributed by atoms with E-state index in [-0.39, 0.29) is 0 Å². The molecule has 2 heteroatoms. The number of nitrogens with one attached hydrogen (secondary N) is 1. The maximum absolute atomic E-state index is 5.51. The van der Waals surface area contributed by atoms with E-state index >= 15 is 0 Å². The molecule has 0 radical (unpaired) electrons. The topological polar surface area (TPSA) is 21.3 Å². The van der Waals surface area contributed by atoms with Gasteiger partial charge in [0.2, 0.25) is 0 Å². The number of rotatable bonds is 11. The fraction of sp³-hybridized carbons (Fsp3) is 0.667. The Morgan fingerprint density at radius 2 is 1.75 bits per heavy atom. The minimum absolute atomic E-state index is 0.424. The molecule has 1 rings (SSSR count). The summed E-state index contributed by atoms with van der Waals surface area (Å²) >= 11 is 0. The van der Waals surface area contributed by atoms with Gasteiger partial charge < -0.3 is 10.1 Å². The highest BCUT2D eigenvalue weighted by Gasteiger charge is 2.14. The third-order valence-corrected chi connectivity index (χ3v) is 3.75. The van der Waals surface area contributed by atoms with Crippen molar-refractivity contribution in [2.75, 3.05) is 13.7 Å². The zero-order valence-corrected chi connectivity index (χ0v) is 13.5. The van der Waals surface area contributed by atoms with Crippen molar-refractivity contribution < 1.29 is 4.74 Å². The van der Waals surface area contributed by atoms with Crippen molar-refractivity contribution in [3.8, 4) is 5.75 Å². The zero-order valence-electron chi connectivity index (χ0n) is 13.5. The molecule has 0 saturated heterocycles. The first-order valence-corrected chi connectivity index (χ1v) is 8.19. The molecule has 0 aliphatic rings. The first kappa shape index (κ1) is 17.0. The van der Waals surface area contributed by atoms with Crippen LogP contribution in [0.5, 0.6) is 5.75 Å². The molecule has 0 heterocycles. The number of para-hydroxylation sites is 1. The van der Waals surface area contributed by atoms with Crippen molar-refractivity contribution >= 4 is 0 Å². The van der Waals surface area contributed by atoms with Crippen molar-refractivity contribution in [3.63, 3.8) is 0 Å². The third-order valence-electron chi connectivity index (χ3n) is 3.75. The van der Waals surface area contributed by atoms with Gasteiger partial charge in [0, 0.05) is 11.6 Å². The second kappa shape index (κ2) is 10.7. The zero-order chi connectivity index (χ0) is 14.6. The lowest BCUT2D eigenvalue weighted by molar-refractivity contribution is 0.391. The van der Waals surface area contributed by atoms with Crippen molar-refractivity contribution in [1.82, 2.24) is 5.32 Å². The molecule has 0 bridgehead atoms. The Labute approximate surface area is 124 Å². The summed E-state index contributed by atoms with van der Waals surface area (Å²) < 4.78 is 5.51. The van der Waals surface area contributed by atoms with E-state index in [9.17, 15) is 0 Å². The van der Waals surface area contributed by atoms with Gasteiger partial charge in [-0.2, -0.15) is 0 Å². The molecule has 114 valence electrons. The van der Waals surface area contributed by atoms with Crippen molar-refractivity contribution in [1.29, 1.82) is 0 Å². The molecule has 1 unspecified atom stereocenters. The smallest absolute Gasteiger partial charge is 0.123 e. The van der Waals surface area contributed by atoms with Crippen LogP contribution in [0.2, 0.25) is 0 Å². The fourth-order valence-corrected chi connectivity index (χ4v) is 2.59.